The van der Waals surface area contributed by atoms with Crippen LogP contribution in [0, 0.1) is 0 Å². The van der Waals surface area contributed by atoms with Crippen LogP contribution < -0.4 is 5.69 Å². The fraction of sp³-hybridized carbons (Fsp3) is 0. The van der Waals surface area contributed by atoms with Crippen molar-refractivity contribution in [1.29, 1.82) is 0 Å². The van der Waals surface area contributed by atoms with Crippen LogP contribution in [0.5, 0.6) is 0 Å². The lowest BCUT2D eigenvalue weighted by Crippen LogP contribution is -2.10. The Morgan fingerprint density at radius 3 is 2.43 bits per heavy atom. The molecule has 2 heterocycles. The molecule has 112 valence electrons. The molecule has 0 aliphatic heterocycles. The molecular weight excluding hydrogens is 312 g/mol. The second kappa shape index (κ2) is 5.37. The summed E-state index contributed by atoms with van der Waals surface area (Å²) in [4.78, 5) is 16.3. The van der Waals surface area contributed by atoms with E-state index in [9.17, 15) is 4.79 Å². The van der Waals surface area contributed by atoms with Gasteiger partial charge in [-0.1, -0.05) is 54.1 Å². The standard InChI is InChI=1S/C17H11ClN4O/c18-13-8-6-12(7-9-13)15-14(11-4-2-1-3-5-11)16-20-21-17(23)22(16)10-19-15/h1-10H,(H,21,23). The van der Waals surface area contributed by atoms with Gasteiger partial charge in [-0.15, -0.1) is 0 Å². The van der Waals surface area contributed by atoms with Crippen molar-refractivity contribution in [1.82, 2.24) is 19.6 Å². The fourth-order valence-electron chi connectivity index (χ4n) is 2.57. The molecule has 6 heteroatoms. The molecule has 0 saturated heterocycles. The van der Waals surface area contributed by atoms with Gasteiger partial charge in [0.2, 0.25) is 0 Å². The van der Waals surface area contributed by atoms with E-state index in [0.29, 0.717) is 10.7 Å². The minimum absolute atomic E-state index is 0.313. The second-order valence-electron chi connectivity index (χ2n) is 5.06. The summed E-state index contributed by atoms with van der Waals surface area (Å²) in [6, 6.07) is 17.2. The molecule has 0 unspecified atom stereocenters. The first kappa shape index (κ1) is 13.7. The molecule has 0 bridgehead atoms. The van der Waals surface area contributed by atoms with Gasteiger partial charge < -0.3 is 0 Å². The van der Waals surface area contributed by atoms with E-state index in [0.717, 1.165) is 22.4 Å². The SMILES string of the molecule is O=c1[nH]nc2c(-c3ccccc3)c(-c3ccc(Cl)cc3)ncn12. The topological polar surface area (TPSA) is 63.0 Å². The lowest BCUT2D eigenvalue weighted by molar-refractivity contribution is 0.999. The third-order valence-corrected chi connectivity index (χ3v) is 3.90. The van der Waals surface area contributed by atoms with E-state index in [1.54, 1.807) is 0 Å². The molecule has 4 aromatic rings. The Hall–Kier alpha value is -2.92. The summed E-state index contributed by atoms with van der Waals surface area (Å²) >= 11 is 5.97. The number of halogens is 1. The molecular formula is C17H11ClN4O. The number of hydrogen-bond donors (Lipinski definition) is 1. The molecule has 0 fully saturated rings. The number of nitrogens with zero attached hydrogens (tertiary/aromatic N) is 3. The van der Waals surface area contributed by atoms with Gasteiger partial charge in [0, 0.05) is 10.6 Å². The van der Waals surface area contributed by atoms with Crippen LogP contribution in [0.1, 0.15) is 0 Å². The maximum Gasteiger partial charge on any atom is 0.348 e. The van der Waals surface area contributed by atoms with Gasteiger partial charge in [-0.05, 0) is 17.7 Å². The predicted octanol–water partition coefficient (Wildman–Crippen LogP) is 3.41. The van der Waals surface area contributed by atoms with Gasteiger partial charge in [0.15, 0.2) is 5.65 Å². The third kappa shape index (κ3) is 2.31. The summed E-state index contributed by atoms with van der Waals surface area (Å²) in [6.07, 6.45) is 1.48. The largest absolute Gasteiger partial charge is 0.348 e. The summed E-state index contributed by atoms with van der Waals surface area (Å²) in [5.41, 5.74) is 3.63. The number of hydrogen-bond acceptors (Lipinski definition) is 3. The van der Waals surface area contributed by atoms with Crippen LogP contribution in [-0.2, 0) is 0 Å². The molecule has 2 aromatic carbocycles. The average molecular weight is 323 g/mol. The zero-order valence-corrected chi connectivity index (χ0v) is 12.7. The van der Waals surface area contributed by atoms with Gasteiger partial charge >= 0.3 is 5.69 Å². The highest BCUT2D eigenvalue weighted by atomic mass is 35.5. The highest BCUT2D eigenvalue weighted by molar-refractivity contribution is 6.30. The van der Waals surface area contributed by atoms with Gasteiger partial charge in [0.1, 0.15) is 6.33 Å². The summed E-state index contributed by atoms with van der Waals surface area (Å²) in [5, 5.41) is 7.29. The minimum atomic E-state index is -0.313. The molecule has 0 saturated carbocycles. The monoisotopic (exact) mass is 322 g/mol. The number of aromatic nitrogens is 4. The Bertz CT molecular complexity index is 1040. The molecule has 0 aliphatic rings. The Morgan fingerprint density at radius 1 is 0.957 bits per heavy atom. The van der Waals surface area contributed by atoms with E-state index in [1.807, 2.05) is 54.6 Å². The van der Waals surface area contributed by atoms with Crippen LogP contribution in [-0.4, -0.2) is 19.6 Å². The molecule has 0 atom stereocenters. The smallest absolute Gasteiger partial charge is 0.246 e. The Morgan fingerprint density at radius 2 is 1.70 bits per heavy atom. The molecule has 0 amide bonds. The van der Waals surface area contributed by atoms with E-state index < -0.39 is 0 Å². The quantitative estimate of drug-likeness (QED) is 0.615. The molecule has 2 aromatic heterocycles. The normalized spacial score (nSPS) is 11.0. The molecule has 0 aliphatic carbocycles. The number of H-pyrrole nitrogens is 1. The zero-order chi connectivity index (χ0) is 15.8. The van der Waals surface area contributed by atoms with Gasteiger partial charge in [0.25, 0.3) is 0 Å². The van der Waals surface area contributed by atoms with Crippen molar-refractivity contribution < 1.29 is 0 Å². The van der Waals surface area contributed by atoms with Crippen molar-refractivity contribution in [3.63, 3.8) is 0 Å². The molecule has 5 nitrogen and oxygen atoms in total. The van der Waals surface area contributed by atoms with Gasteiger partial charge in [-0.25, -0.2) is 19.3 Å². The van der Waals surface area contributed by atoms with Crippen LogP contribution >= 0.6 is 11.6 Å². The van der Waals surface area contributed by atoms with Crippen molar-refractivity contribution in [3.8, 4) is 22.4 Å². The van der Waals surface area contributed by atoms with Crippen molar-refractivity contribution in [3.05, 3.63) is 76.4 Å². The van der Waals surface area contributed by atoms with Gasteiger partial charge in [-0.2, -0.15) is 5.10 Å². The molecule has 1 N–H and O–H groups in total. The van der Waals surface area contributed by atoms with Gasteiger partial charge in [-0.3, -0.25) is 0 Å². The zero-order valence-electron chi connectivity index (χ0n) is 11.9. The summed E-state index contributed by atoms with van der Waals surface area (Å²) in [6.45, 7) is 0. The predicted molar refractivity (Wildman–Crippen MR) is 89.5 cm³/mol. The van der Waals surface area contributed by atoms with Gasteiger partial charge in [0.05, 0.1) is 11.3 Å². The van der Waals surface area contributed by atoms with Crippen LogP contribution in [0.4, 0.5) is 0 Å². The van der Waals surface area contributed by atoms with Crippen molar-refractivity contribution in [2.75, 3.05) is 0 Å². The minimum Gasteiger partial charge on any atom is -0.246 e. The van der Waals surface area contributed by atoms with E-state index in [1.165, 1.54) is 10.7 Å². The summed E-state index contributed by atoms with van der Waals surface area (Å²) in [5.74, 6) is 0. The molecule has 0 spiro atoms. The first-order chi connectivity index (χ1) is 11.2. The number of rotatable bonds is 2. The van der Waals surface area contributed by atoms with Crippen molar-refractivity contribution >= 4 is 17.2 Å². The van der Waals surface area contributed by atoms with Crippen molar-refractivity contribution in [2.24, 2.45) is 0 Å². The maximum atomic E-state index is 11.8. The average Bonchev–Trinajstić information content (AvgIpc) is 2.97. The van der Waals surface area contributed by atoms with E-state index in [4.69, 9.17) is 11.6 Å². The summed E-state index contributed by atoms with van der Waals surface area (Å²) < 4.78 is 1.40. The van der Waals surface area contributed by atoms with E-state index in [2.05, 4.69) is 15.2 Å². The van der Waals surface area contributed by atoms with Crippen LogP contribution in [0.3, 0.4) is 0 Å². The van der Waals surface area contributed by atoms with E-state index >= 15 is 0 Å². The highest BCUT2D eigenvalue weighted by Gasteiger charge is 2.16. The molecule has 4 rings (SSSR count). The summed E-state index contributed by atoms with van der Waals surface area (Å²) in [7, 11) is 0. The van der Waals surface area contributed by atoms with Crippen LogP contribution in [0.25, 0.3) is 28.0 Å². The Kier molecular flexibility index (Phi) is 3.20. The first-order valence-electron chi connectivity index (χ1n) is 7.01. The highest BCUT2D eigenvalue weighted by Crippen LogP contribution is 2.32. The molecule has 0 radical (unpaired) electrons. The Balaban J connectivity index is 2.08. The second-order valence-corrected chi connectivity index (χ2v) is 5.50. The Labute approximate surface area is 136 Å². The van der Waals surface area contributed by atoms with Crippen LogP contribution in [0.15, 0.2) is 65.7 Å². The van der Waals surface area contributed by atoms with Crippen molar-refractivity contribution in [2.45, 2.75) is 0 Å². The number of nitrogens with one attached hydrogen (secondary N) is 1. The lowest BCUT2D eigenvalue weighted by atomic mass is 10.0. The van der Waals surface area contributed by atoms with Crippen LogP contribution in [0.2, 0.25) is 5.02 Å². The lowest BCUT2D eigenvalue weighted by Gasteiger charge is -2.10. The van der Waals surface area contributed by atoms with E-state index in [-0.39, 0.29) is 5.69 Å². The number of aromatic amines is 1. The fourth-order valence-corrected chi connectivity index (χ4v) is 2.70. The number of benzene rings is 2. The third-order valence-electron chi connectivity index (χ3n) is 3.65. The first-order valence-corrected chi connectivity index (χ1v) is 7.39. The number of fused-ring (bicyclic) bond motifs is 1. The molecule has 23 heavy (non-hydrogen) atoms. The maximum absolute atomic E-state index is 11.8.